The Hall–Kier alpha value is -0.0700. The van der Waals surface area contributed by atoms with E-state index in [1.807, 2.05) is 0 Å². The molecule has 0 unspecified atom stereocenters. The summed E-state index contributed by atoms with van der Waals surface area (Å²) in [6, 6.07) is 3.68. The van der Waals surface area contributed by atoms with Crippen LogP contribution in [-0.2, 0) is 16.5 Å². The molecule has 0 heterocycles. The number of unbranched alkanes of at least 4 members (excludes halogenated alkanes) is 12. The van der Waals surface area contributed by atoms with Crippen LogP contribution in [0.2, 0.25) is 0 Å². The van der Waals surface area contributed by atoms with Crippen molar-refractivity contribution in [1.29, 1.82) is 0 Å². The van der Waals surface area contributed by atoms with Gasteiger partial charge in [0.1, 0.15) is 0 Å². The molecule has 6 heteroatoms. The number of benzene rings is 1. The molecule has 1 N–H and O–H groups in total. The second kappa shape index (κ2) is 15.8. The first kappa shape index (κ1) is 26.9. The molecule has 0 aliphatic carbocycles. The average molecular weight is 407 g/mol. The maximum Gasteiger partial charge on any atom is 1.00 e. The van der Waals surface area contributed by atoms with E-state index < -0.39 is 10.1 Å². The van der Waals surface area contributed by atoms with Gasteiger partial charge in [0, 0.05) is 0 Å². The SMILES string of the molecule is CCCCCCCCCCCCCCCc1cc(S(=O)(=O)O)ccc1[O-].[Na+]. The quantitative estimate of drug-likeness (QED) is 0.276. The number of rotatable bonds is 15. The van der Waals surface area contributed by atoms with Gasteiger partial charge in [-0.25, -0.2) is 0 Å². The summed E-state index contributed by atoms with van der Waals surface area (Å²) in [5.41, 5.74) is 0.475. The fraction of sp³-hybridized carbons (Fsp3) is 0.714. The second-order valence-corrected chi connectivity index (χ2v) is 8.66. The fourth-order valence-corrected chi connectivity index (χ4v) is 3.78. The van der Waals surface area contributed by atoms with E-state index in [1.165, 1.54) is 76.3 Å². The first-order chi connectivity index (χ1) is 12.4. The van der Waals surface area contributed by atoms with Gasteiger partial charge in [-0.2, -0.15) is 8.42 Å². The van der Waals surface area contributed by atoms with E-state index in [1.54, 1.807) is 0 Å². The van der Waals surface area contributed by atoms with Crippen molar-refractivity contribution in [3.05, 3.63) is 23.8 Å². The molecule has 0 aliphatic rings. The Morgan fingerprint density at radius 1 is 0.815 bits per heavy atom. The van der Waals surface area contributed by atoms with Gasteiger partial charge in [0.25, 0.3) is 10.1 Å². The van der Waals surface area contributed by atoms with Crippen LogP contribution in [-0.4, -0.2) is 13.0 Å². The predicted molar refractivity (Wildman–Crippen MR) is 105 cm³/mol. The van der Waals surface area contributed by atoms with Crippen LogP contribution >= 0.6 is 0 Å². The molecule has 0 saturated carbocycles. The molecule has 1 aromatic rings. The van der Waals surface area contributed by atoms with Crippen molar-refractivity contribution in [3.8, 4) is 5.75 Å². The van der Waals surface area contributed by atoms with E-state index in [0.717, 1.165) is 25.3 Å². The molecule has 150 valence electrons. The summed E-state index contributed by atoms with van der Waals surface area (Å²) in [4.78, 5) is -0.193. The van der Waals surface area contributed by atoms with Gasteiger partial charge in [0.15, 0.2) is 0 Å². The summed E-state index contributed by atoms with van der Waals surface area (Å²) in [7, 11) is -4.24. The Labute approximate surface area is 188 Å². The zero-order valence-corrected chi connectivity index (χ0v) is 20.0. The summed E-state index contributed by atoms with van der Waals surface area (Å²) >= 11 is 0. The minimum atomic E-state index is -4.24. The van der Waals surface area contributed by atoms with Crippen LogP contribution in [0.3, 0.4) is 0 Å². The van der Waals surface area contributed by atoms with Gasteiger partial charge in [-0.05, 0) is 25.0 Å². The van der Waals surface area contributed by atoms with E-state index in [4.69, 9.17) is 4.55 Å². The van der Waals surface area contributed by atoms with Crippen LogP contribution in [0, 0.1) is 0 Å². The predicted octanol–water partition coefficient (Wildman–Crippen LogP) is 2.64. The van der Waals surface area contributed by atoms with E-state index in [2.05, 4.69) is 6.92 Å². The number of aryl methyl sites for hydroxylation is 1. The molecule has 27 heavy (non-hydrogen) atoms. The summed E-state index contributed by atoms with van der Waals surface area (Å²) in [6.07, 6.45) is 17.0. The molecule has 4 nitrogen and oxygen atoms in total. The van der Waals surface area contributed by atoms with Crippen LogP contribution in [0.25, 0.3) is 0 Å². The van der Waals surface area contributed by atoms with Crippen molar-refractivity contribution in [3.63, 3.8) is 0 Å². The van der Waals surface area contributed by atoms with Crippen molar-refractivity contribution in [1.82, 2.24) is 0 Å². The largest absolute Gasteiger partial charge is 1.00 e. The molecule has 0 amide bonds. The van der Waals surface area contributed by atoms with Crippen molar-refractivity contribution in [2.75, 3.05) is 0 Å². The third-order valence-corrected chi connectivity index (χ3v) is 5.73. The van der Waals surface area contributed by atoms with Gasteiger partial charge >= 0.3 is 29.6 Å². The van der Waals surface area contributed by atoms with E-state index >= 15 is 0 Å². The van der Waals surface area contributed by atoms with Gasteiger partial charge < -0.3 is 5.11 Å². The normalized spacial score (nSPS) is 11.3. The molecular formula is C21H35NaO4S. The third kappa shape index (κ3) is 12.9. The Bertz CT molecular complexity index is 602. The zero-order chi connectivity index (χ0) is 19.3. The molecule has 0 atom stereocenters. The smallest absolute Gasteiger partial charge is 0.872 e. The summed E-state index contributed by atoms with van der Waals surface area (Å²) < 4.78 is 31.3. The molecule has 0 aliphatic heterocycles. The van der Waals surface area contributed by atoms with Gasteiger partial charge in [0.05, 0.1) is 4.90 Å². The monoisotopic (exact) mass is 406 g/mol. The van der Waals surface area contributed by atoms with Crippen LogP contribution in [0.1, 0.15) is 96.0 Å². The molecule has 0 spiro atoms. The van der Waals surface area contributed by atoms with Gasteiger partial charge in [-0.3, -0.25) is 4.55 Å². The Balaban J connectivity index is 0.00000676. The van der Waals surface area contributed by atoms with Gasteiger partial charge in [-0.1, -0.05) is 95.6 Å². The van der Waals surface area contributed by atoms with Crippen LogP contribution < -0.4 is 34.7 Å². The maximum atomic E-state index is 11.8. The van der Waals surface area contributed by atoms with Crippen LogP contribution in [0.4, 0.5) is 0 Å². The Morgan fingerprint density at radius 2 is 1.26 bits per heavy atom. The van der Waals surface area contributed by atoms with Crippen molar-refractivity contribution < 1.29 is 47.6 Å². The molecule has 0 bridgehead atoms. The fourth-order valence-electron chi connectivity index (χ4n) is 3.24. The summed E-state index contributed by atoms with van der Waals surface area (Å²) in [6.45, 7) is 2.25. The number of hydrogen-bond acceptors (Lipinski definition) is 3. The molecule has 0 saturated heterocycles. The summed E-state index contributed by atoms with van der Waals surface area (Å²) in [5, 5.41) is 11.8. The van der Waals surface area contributed by atoms with Crippen LogP contribution in [0.5, 0.6) is 5.75 Å². The third-order valence-electron chi connectivity index (χ3n) is 4.88. The summed E-state index contributed by atoms with van der Waals surface area (Å²) in [5.74, 6) is -0.156. The molecule has 0 aromatic heterocycles. The second-order valence-electron chi connectivity index (χ2n) is 7.24. The minimum absolute atomic E-state index is 0. The van der Waals surface area contributed by atoms with Crippen LogP contribution in [0.15, 0.2) is 23.1 Å². The molecule has 0 fully saturated rings. The van der Waals surface area contributed by atoms with E-state index in [9.17, 15) is 13.5 Å². The van der Waals surface area contributed by atoms with Gasteiger partial charge in [-0.15, -0.1) is 5.75 Å². The minimum Gasteiger partial charge on any atom is -0.872 e. The Morgan fingerprint density at radius 3 is 1.70 bits per heavy atom. The topological polar surface area (TPSA) is 77.4 Å². The van der Waals surface area contributed by atoms with Crippen molar-refractivity contribution in [2.45, 2.75) is 102 Å². The number of hydrogen-bond donors (Lipinski definition) is 1. The van der Waals surface area contributed by atoms with E-state index in [-0.39, 0.29) is 40.2 Å². The molecule has 0 radical (unpaired) electrons. The maximum absolute atomic E-state index is 11.8. The van der Waals surface area contributed by atoms with Crippen molar-refractivity contribution in [2.24, 2.45) is 0 Å². The molecule has 1 rings (SSSR count). The first-order valence-corrected chi connectivity index (χ1v) is 11.7. The Kier molecular flexibility index (Phi) is 15.8. The molecular weight excluding hydrogens is 371 g/mol. The standard InChI is InChI=1S/C21H36O4S.Na/c1-2-3-4-5-6-7-8-9-10-11-12-13-14-15-19-18-20(26(23,24)25)16-17-21(19)22;/h16-18,22H,2-15H2,1H3,(H,23,24,25);/q;+1/p-1. The van der Waals surface area contributed by atoms with Gasteiger partial charge in [0.2, 0.25) is 0 Å². The van der Waals surface area contributed by atoms with E-state index in [0.29, 0.717) is 12.0 Å². The first-order valence-electron chi connectivity index (χ1n) is 10.2. The zero-order valence-electron chi connectivity index (χ0n) is 17.2. The molecule has 1 aromatic carbocycles. The van der Waals surface area contributed by atoms with Crippen molar-refractivity contribution >= 4 is 10.1 Å². The average Bonchev–Trinajstić information content (AvgIpc) is 2.59.